The van der Waals surface area contributed by atoms with Gasteiger partial charge in [-0.1, -0.05) is 41.9 Å². The standard InChI is InChI=1S/C25H31ClFN3O/c26-23-4-3-5-24(27)22(23)18-30-14-10-21(11-15-30)25(31)28-16-19-6-8-20(9-7-19)17-29-12-1-2-13-29/h3-9,21H,1-2,10-18H2,(H,28,31). The maximum Gasteiger partial charge on any atom is 0.223 e. The molecule has 0 spiro atoms. The molecule has 31 heavy (non-hydrogen) atoms. The van der Waals surface area contributed by atoms with Crippen LogP contribution >= 0.6 is 11.6 Å². The summed E-state index contributed by atoms with van der Waals surface area (Å²) in [5.41, 5.74) is 3.00. The van der Waals surface area contributed by atoms with Crippen LogP contribution < -0.4 is 5.32 Å². The van der Waals surface area contributed by atoms with E-state index >= 15 is 0 Å². The zero-order valence-corrected chi connectivity index (χ0v) is 18.7. The largest absolute Gasteiger partial charge is 0.352 e. The lowest BCUT2D eigenvalue weighted by Gasteiger charge is -2.31. The minimum Gasteiger partial charge on any atom is -0.352 e. The Morgan fingerprint density at radius 2 is 1.58 bits per heavy atom. The number of piperidine rings is 1. The molecule has 0 saturated carbocycles. The van der Waals surface area contributed by atoms with Gasteiger partial charge in [-0.25, -0.2) is 4.39 Å². The Bertz CT molecular complexity index is 855. The number of hydrogen-bond donors (Lipinski definition) is 1. The summed E-state index contributed by atoms with van der Waals surface area (Å²) >= 11 is 6.15. The third kappa shape index (κ3) is 6.06. The average molecular weight is 444 g/mol. The summed E-state index contributed by atoms with van der Waals surface area (Å²) in [4.78, 5) is 17.3. The first-order chi connectivity index (χ1) is 15.1. The van der Waals surface area contributed by atoms with Gasteiger partial charge < -0.3 is 5.32 Å². The summed E-state index contributed by atoms with van der Waals surface area (Å²) in [6, 6.07) is 13.4. The van der Waals surface area contributed by atoms with Gasteiger partial charge in [-0.3, -0.25) is 14.6 Å². The molecule has 0 aromatic heterocycles. The molecule has 0 unspecified atom stereocenters. The fourth-order valence-electron chi connectivity index (χ4n) is 4.56. The van der Waals surface area contributed by atoms with Crippen LogP contribution in [0.25, 0.3) is 0 Å². The van der Waals surface area contributed by atoms with Crippen molar-refractivity contribution in [1.29, 1.82) is 0 Å². The van der Waals surface area contributed by atoms with Crippen molar-refractivity contribution in [3.63, 3.8) is 0 Å². The number of nitrogens with one attached hydrogen (secondary N) is 1. The molecule has 2 aliphatic rings. The van der Waals surface area contributed by atoms with Crippen molar-refractivity contribution in [2.45, 2.75) is 45.3 Å². The molecule has 166 valence electrons. The van der Waals surface area contributed by atoms with Crippen LogP contribution in [0.5, 0.6) is 0 Å². The lowest BCUT2D eigenvalue weighted by molar-refractivity contribution is -0.126. The van der Waals surface area contributed by atoms with Crippen molar-refractivity contribution in [3.8, 4) is 0 Å². The van der Waals surface area contributed by atoms with Crippen molar-refractivity contribution in [1.82, 2.24) is 15.1 Å². The van der Waals surface area contributed by atoms with Crippen LogP contribution in [0.2, 0.25) is 5.02 Å². The average Bonchev–Trinajstić information content (AvgIpc) is 3.29. The minimum absolute atomic E-state index is 0.0155. The highest BCUT2D eigenvalue weighted by Gasteiger charge is 2.25. The predicted molar refractivity (Wildman–Crippen MR) is 122 cm³/mol. The Morgan fingerprint density at radius 3 is 2.26 bits per heavy atom. The van der Waals surface area contributed by atoms with Gasteiger partial charge in [-0.2, -0.15) is 0 Å². The van der Waals surface area contributed by atoms with E-state index in [4.69, 9.17) is 11.6 Å². The third-order valence-corrected chi connectivity index (χ3v) is 6.85. The fraction of sp³-hybridized carbons (Fsp3) is 0.480. The van der Waals surface area contributed by atoms with Gasteiger partial charge in [0.05, 0.1) is 0 Å². The van der Waals surface area contributed by atoms with Gasteiger partial charge in [0.1, 0.15) is 5.82 Å². The normalized spacial score (nSPS) is 18.4. The molecule has 0 atom stereocenters. The Hall–Kier alpha value is -1.95. The number of carbonyl (C=O) groups is 1. The van der Waals surface area contributed by atoms with Gasteiger partial charge in [0, 0.05) is 36.1 Å². The number of likely N-dealkylation sites (tertiary alicyclic amines) is 2. The molecule has 0 radical (unpaired) electrons. The van der Waals surface area contributed by atoms with E-state index in [1.165, 1.54) is 37.6 Å². The molecule has 2 aromatic rings. The van der Waals surface area contributed by atoms with E-state index in [9.17, 15) is 9.18 Å². The molecule has 4 nitrogen and oxygen atoms in total. The molecule has 2 aliphatic heterocycles. The molecular weight excluding hydrogens is 413 g/mol. The molecule has 1 amide bonds. The second kappa shape index (κ2) is 10.6. The van der Waals surface area contributed by atoms with Crippen LogP contribution in [0.3, 0.4) is 0 Å². The Morgan fingerprint density at radius 1 is 0.935 bits per heavy atom. The number of amides is 1. The maximum atomic E-state index is 14.0. The molecule has 2 heterocycles. The van der Waals surface area contributed by atoms with E-state index in [-0.39, 0.29) is 17.6 Å². The zero-order valence-electron chi connectivity index (χ0n) is 18.0. The molecule has 0 aliphatic carbocycles. The molecular formula is C25H31ClFN3O. The van der Waals surface area contributed by atoms with E-state index in [2.05, 4.69) is 39.4 Å². The van der Waals surface area contributed by atoms with Crippen LogP contribution in [-0.4, -0.2) is 41.9 Å². The second-order valence-corrected chi connectivity index (χ2v) is 9.18. The summed E-state index contributed by atoms with van der Waals surface area (Å²) in [7, 11) is 0. The number of halogens is 2. The fourth-order valence-corrected chi connectivity index (χ4v) is 4.78. The summed E-state index contributed by atoms with van der Waals surface area (Å²) in [5, 5.41) is 3.56. The smallest absolute Gasteiger partial charge is 0.223 e. The molecule has 2 fully saturated rings. The Kier molecular flexibility index (Phi) is 7.59. The number of benzene rings is 2. The molecule has 2 saturated heterocycles. The number of rotatable bonds is 7. The zero-order chi connectivity index (χ0) is 21.6. The van der Waals surface area contributed by atoms with Gasteiger partial charge in [0.25, 0.3) is 0 Å². The monoisotopic (exact) mass is 443 g/mol. The number of nitrogens with zero attached hydrogens (tertiary/aromatic N) is 2. The number of hydrogen-bond acceptors (Lipinski definition) is 3. The summed E-state index contributed by atoms with van der Waals surface area (Å²) in [6.45, 7) is 6.01. The van der Waals surface area contributed by atoms with E-state index in [1.54, 1.807) is 12.1 Å². The van der Waals surface area contributed by atoms with Crippen LogP contribution in [0.4, 0.5) is 4.39 Å². The SMILES string of the molecule is O=C(NCc1ccc(CN2CCCC2)cc1)C1CCN(Cc2c(F)cccc2Cl)CC1. The van der Waals surface area contributed by atoms with Gasteiger partial charge >= 0.3 is 0 Å². The first-order valence-electron chi connectivity index (χ1n) is 11.3. The predicted octanol–water partition coefficient (Wildman–Crippen LogP) is 4.60. The lowest BCUT2D eigenvalue weighted by Crippen LogP contribution is -2.40. The Balaban J connectivity index is 1.20. The van der Waals surface area contributed by atoms with Crippen LogP contribution in [0, 0.1) is 11.7 Å². The molecule has 6 heteroatoms. The Labute approximate surface area is 189 Å². The maximum absolute atomic E-state index is 14.0. The molecule has 4 rings (SSSR count). The van der Waals surface area contributed by atoms with E-state index in [1.807, 2.05) is 0 Å². The van der Waals surface area contributed by atoms with Crippen molar-refractivity contribution >= 4 is 17.5 Å². The highest BCUT2D eigenvalue weighted by atomic mass is 35.5. The van der Waals surface area contributed by atoms with Crippen molar-refractivity contribution < 1.29 is 9.18 Å². The van der Waals surface area contributed by atoms with E-state index < -0.39 is 0 Å². The molecule has 2 aromatic carbocycles. The van der Waals surface area contributed by atoms with Crippen LogP contribution in [-0.2, 0) is 24.4 Å². The minimum atomic E-state index is -0.265. The topological polar surface area (TPSA) is 35.6 Å². The highest BCUT2D eigenvalue weighted by Crippen LogP contribution is 2.24. The summed E-state index contributed by atoms with van der Waals surface area (Å²) < 4.78 is 14.0. The van der Waals surface area contributed by atoms with Gasteiger partial charge in [0.2, 0.25) is 5.91 Å². The van der Waals surface area contributed by atoms with Crippen LogP contribution in [0.1, 0.15) is 42.4 Å². The molecule has 0 bridgehead atoms. The first-order valence-corrected chi connectivity index (χ1v) is 11.7. The quantitative estimate of drug-likeness (QED) is 0.679. The number of carbonyl (C=O) groups excluding carboxylic acids is 1. The highest BCUT2D eigenvalue weighted by molar-refractivity contribution is 6.31. The van der Waals surface area contributed by atoms with Crippen LogP contribution in [0.15, 0.2) is 42.5 Å². The summed E-state index contributed by atoms with van der Waals surface area (Å²) in [5.74, 6) is -0.134. The van der Waals surface area contributed by atoms with Crippen molar-refractivity contribution in [3.05, 3.63) is 70.0 Å². The van der Waals surface area contributed by atoms with Crippen molar-refractivity contribution in [2.75, 3.05) is 26.2 Å². The third-order valence-electron chi connectivity index (χ3n) is 6.50. The summed E-state index contributed by atoms with van der Waals surface area (Å²) in [6.07, 6.45) is 4.18. The first kappa shape index (κ1) is 22.3. The van der Waals surface area contributed by atoms with Gasteiger partial charge in [-0.15, -0.1) is 0 Å². The second-order valence-electron chi connectivity index (χ2n) is 8.77. The molecule has 1 N–H and O–H groups in total. The van der Waals surface area contributed by atoms with E-state index in [0.717, 1.165) is 38.0 Å². The van der Waals surface area contributed by atoms with Gasteiger partial charge in [0.15, 0.2) is 0 Å². The van der Waals surface area contributed by atoms with Gasteiger partial charge in [-0.05, 0) is 75.1 Å². The van der Waals surface area contributed by atoms with Crippen molar-refractivity contribution in [2.24, 2.45) is 5.92 Å². The van der Waals surface area contributed by atoms with E-state index in [0.29, 0.717) is 23.7 Å². The lowest BCUT2D eigenvalue weighted by atomic mass is 9.95.